The van der Waals surface area contributed by atoms with E-state index in [0.29, 0.717) is 11.1 Å². The van der Waals surface area contributed by atoms with Crippen molar-refractivity contribution >= 4 is 48.9 Å². The van der Waals surface area contributed by atoms with Crippen LogP contribution in [-0.2, 0) is 0 Å². The van der Waals surface area contributed by atoms with Crippen LogP contribution in [-0.4, -0.2) is 39.9 Å². The second-order valence-electron chi connectivity index (χ2n) is 9.34. The third kappa shape index (κ3) is 4.03. The molecular weight excluding hydrogens is 625 g/mol. The second-order valence-corrected chi connectivity index (χ2v) is 11.0. The molecule has 8 N–H and O–H groups in total. The van der Waals surface area contributed by atoms with Gasteiger partial charge in [-0.3, -0.25) is 39.1 Å². The molecule has 1 aromatic carbocycles. The van der Waals surface area contributed by atoms with Crippen molar-refractivity contribution < 1.29 is 9.47 Å². The molecule has 18 heteroatoms. The van der Waals surface area contributed by atoms with Crippen LogP contribution in [0, 0.1) is 19.1 Å². The van der Waals surface area contributed by atoms with E-state index in [1.54, 1.807) is 24.3 Å². The molecule has 42 heavy (non-hydrogen) atoms. The van der Waals surface area contributed by atoms with Crippen LogP contribution in [0.2, 0.25) is 0 Å². The van der Waals surface area contributed by atoms with Gasteiger partial charge in [-0.05, 0) is 60.0 Å². The summed E-state index contributed by atoms with van der Waals surface area (Å²) in [5, 5.41) is 0. The summed E-state index contributed by atoms with van der Waals surface area (Å²) in [6.07, 6.45) is 0. The van der Waals surface area contributed by atoms with Gasteiger partial charge in [-0.2, -0.15) is 0 Å². The van der Waals surface area contributed by atoms with E-state index in [2.05, 4.69) is 39.9 Å². The minimum absolute atomic E-state index is 0.0325. The number of hydrogen-bond acceptors (Lipinski definition) is 10. The number of fused-ring (bicyclic) bond motifs is 4. The van der Waals surface area contributed by atoms with Crippen LogP contribution >= 0.6 is 48.9 Å². The van der Waals surface area contributed by atoms with Gasteiger partial charge in [0.2, 0.25) is 23.5 Å². The summed E-state index contributed by atoms with van der Waals surface area (Å²) < 4.78 is 11.7. The Kier molecular flexibility index (Phi) is 5.84. The molecule has 0 bridgehead atoms. The van der Waals surface area contributed by atoms with E-state index in [9.17, 15) is 19.2 Å². The first-order valence-corrected chi connectivity index (χ1v) is 13.6. The molecule has 0 saturated heterocycles. The van der Waals surface area contributed by atoms with Crippen molar-refractivity contribution in [1.82, 2.24) is 39.9 Å². The average Bonchev–Trinajstić information content (AvgIpc) is 2.90. The highest BCUT2D eigenvalue weighted by Gasteiger charge is 2.37. The lowest BCUT2D eigenvalue weighted by Gasteiger charge is -2.27. The van der Waals surface area contributed by atoms with Gasteiger partial charge >= 0.3 is 0 Å². The first-order valence-electron chi connectivity index (χ1n) is 12.0. The van der Waals surface area contributed by atoms with Crippen molar-refractivity contribution in [2.24, 2.45) is 0 Å². The fraction of sp³-hybridized carbons (Fsp3) is 0.0833. The van der Waals surface area contributed by atoms with Gasteiger partial charge in [0.1, 0.15) is 0 Å². The Morgan fingerprint density at radius 3 is 0.905 bits per heavy atom. The van der Waals surface area contributed by atoms with Crippen LogP contribution in [0.3, 0.4) is 0 Å². The zero-order valence-corrected chi connectivity index (χ0v) is 23.8. The SMILES string of the molecule is O=c1[nH]c(=S)[nH]c2c1C(c1ccc(C3c4c([nH]c(=S)[nH]c4=O)Oc4[nH]c(=S)[nH]c(=O)c43)cc1)c1c([nH]c(=S)[nH]c1=O)O2. The minimum Gasteiger partial charge on any atom is -0.423 e. The topological polar surface area (TPSA) is 213 Å². The lowest BCUT2D eigenvalue weighted by atomic mass is 9.82. The van der Waals surface area contributed by atoms with Crippen LogP contribution in [0.5, 0.6) is 23.5 Å². The van der Waals surface area contributed by atoms with Crippen molar-refractivity contribution in [2.45, 2.75) is 11.8 Å². The molecule has 210 valence electrons. The molecule has 0 fully saturated rings. The van der Waals surface area contributed by atoms with E-state index in [1.807, 2.05) is 0 Å². The highest BCUT2D eigenvalue weighted by molar-refractivity contribution is 7.71. The second kappa shape index (κ2) is 9.38. The predicted octanol–water partition coefficient (Wildman–Crippen LogP) is 3.24. The molecule has 14 nitrogen and oxygen atoms in total. The summed E-state index contributed by atoms with van der Waals surface area (Å²) in [5.74, 6) is -1.60. The van der Waals surface area contributed by atoms with E-state index in [1.165, 1.54) is 0 Å². The number of ether oxygens (including phenoxy) is 2. The monoisotopic (exact) mass is 638 g/mol. The summed E-state index contributed by atoms with van der Waals surface area (Å²) in [6.45, 7) is 0. The van der Waals surface area contributed by atoms with Crippen molar-refractivity contribution in [3.05, 3.63) is 118 Å². The maximum Gasteiger partial charge on any atom is 0.259 e. The molecule has 6 heterocycles. The number of aromatic nitrogens is 8. The Bertz CT molecular complexity index is 2140. The largest absolute Gasteiger partial charge is 0.423 e. The van der Waals surface area contributed by atoms with Crippen LogP contribution in [0.15, 0.2) is 43.4 Å². The van der Waals surface area contributed by atoms with Crippen molar-refractivity contribution in [3.8, 4) is 23.5 Å². The van der Waals surface area contributed by atoms with Crippen molar-refractivity contribution in [3.63, 3.8) is 0 Å². The van der Waals surface area contributed by atoms with Gasteiger partial charge < -0.3 is 29.4 Å². The number of rotatable bonds is 2. The van der Waals surface area contributed by atoms with Gasteiger partial charge in [0, 0.05) is 0 Å². The summed E-state index contributed by atoms with van der Waals surface area (Å²) >= 11 is 20.4. The van der Waals surface area contributed by atoms with E-state index in [0.717, 1.165) is 0 Å². The molecule has 2 aliphatic rings. The summed E-state index contributed by atoms with van der Waals surface area (Å²) in [4.78, 5) is 73.8. The average molecular weight is 639 g/mol. The van der Waals surface area contributed by atoms with Crippen molar-refractivity contribution in [2.75, 3.05) is 0 Å². The number of hydrogen-bond donors (Lipinski definition) is 8. The standard InChI is InChI=1S/C24H14N8O6S4/c33-13-9-7(10-14(34)26-22(40)30-18(10)37-17(9)29-21(39)25-13)5-1-2-6(4-3-5)8-11-15(35)27-23(41)31-19(11)38-20-12(8)16(36)28-24(42)32-20/h1-4,7-8H,(H2,25,29,33,39)(H2,26,30,34,40)(H2,27,31,35,41)(H2,28,32,36,42). The summed E-state index contributed by atoms with van der Waals surface area (Å²) in [6, 6.07) is 6.70. The Balaban J connectivity index is 1.45. The predicted molar refractivity (Wildman–Crippen MR) is 157 cm³/mol. The van der Waals surface area contributed by atoms with Gasteiger partial charge in [-0.15, -0.1) is 0 Å². The molecule has 0 aliphatic carbocycles. The third-order valence-electron chi connectivity index (χ3n) is 6.94. The normalized spacial score (nSPS) is 13.7. The Morgan fingerprint density at radius 2 is 0.667 bits per heavy atom. The third-order valence-corrected chi connectivity index (χ3v) is 7.76. The highest BCUT2D eigenvalue weighted by atomic mass is 32.1. The number of benzene rings is 1. The van der Waals surface area contributed by atoms with Crippen LogP contribution in [0.4, 0.5) is 0 Å². The molecule has 0 spiro atoms. The van der Waals surface area contributed by atoms with E-state index >= 15 is 0 Å². The minimum atomic E-state index is -0.905. The van der Waals surface area contributed by atoms with Crippen LogP contribution < -0.4 is 31.7 Å². The fourth-order valence-corrected chi connectivity index (χ4v) is 6.05. The van der Waals surface area contributed by atoms with Gasteiger partial charge in [0.15, 0.2) is 19.1 Å². The van der Waals surface area contributed by atoms with E-state index in [4.69, 9.17) is 58.3 Å². The zero-order chi connectivity index (χ0) is 29.4. The Morgan fingerprint density at radius 1 is 0.429 bits per heavy atom. The smallest absolute Gasteiger partial charge is 0.259 e. The number of aromatic amines is 8. The highest BCUT2D eigenvalue weighted by Crippen LogP contribution is 2.44. The first kappa shape index (κ1) is 26.1. The summed E-state index contributed by atoms with van der Waals surface area (Å²) in [5.41, 5.74) is -0.679. The van der Waals surface area contributed by atoms with Gasteiger partial charge in [0.25, 0.3) is 22.2 Å². The maximum absolute atomic E-state index is 13.1. The maximum atomic E-state index is 13.1. The quantitative estimate of drug-likeness (QED) is 0.129. The summed E-state index contributed by atoms with van der Waals surface area (Å²) in [7, 11) is 0. The number of nitrogens with one attached hydrogen (secondary N) is 8. The number of H-pyrrole nitrogens is 8. The molecule has 0 atom stereocenters. The molecule has 4 aromatic heterocycles. The van der Waals surface area contributed by atoms with Gasteiger partial charge in [0.05, 0.1) is 34.1 Å². The van der Waals surface area contributed by atoms with E-state index < -0.39 is 34.1 Å². The zero-order valence-electron chi connectivity index (χ0n) is 20.5. The fourth-order valence-electron chi connectivity index (χ4n) is 5.31. The van der Waals surface area contributed by atoms with Gasteiger partial charge in [-0.1, -0.05) is 24.3 Å². The lowest BCUT2D eigenvalue weighted by molar-refractivity contribution is 0.407. The van der Waals surface area contributed by atoms with E-state index in [-0.39, 0.29) is 64.9 Å². The van der Waals surface area contributed by atoms with Crippen LogP contribution in [0.1, 0.15) is 45.2 Å². The molecule has 0 saturated carbocycles. The van der Waals surface area contributed by atoms with Gasteiger partial charge in [-0.25, -0.2) is 0 Å². The van der Waals surface area contributed by atoms with Crippen molar-refractivity contribution in [1.29, 1.82) is 0 Å². The molecule has 0 unspecified atom stereocenters. The molecule has 5 aromatic rings. The molecule has 7 rings (SSSR count). The van der Waals surface area contributed by atoms with Crippen LogP contribution in [0.25, 0.3) is 0 Å². The molecule has 0 amide bonds. The Labute approximate surface area is 250 Å². The Hall–Kier alpha value is -4.78. The molecular formula is C24H14N8O6S4. The first-order chi connectivity index (χ1) is 20.1. The molecule has 2 aliphatic heterocycles. The lowest BCUT2D eigenvalue weighted by Crippen LogP contribution is -2.30. The molecule has 0 radical (unpaired) electrons.